The van der Waals surface area contributed by atoms with E-state index in [0.717, 1.165) is 41.0 Å². The van der Waals surface area contributed by atoms with Crippen LogP contribution in [-0.2, 0) is 11.3 Å². The lowest BCUT2D eigenvalue weighted by molar-refractivity contribution is 0.107. The molecule has 0 amide bonds. The van der Waals surface area contributed by atoms with Crippen LogP contribution in [-0.4, -0.2) is 49.2 Å². The van der Waals surface area contributed by atoms with Crippen LogP contribution in [0.4, 0.5) is 0 Å². The molecule has 2 heterocycles. The van der Waals surface area contributed by atoms with Crippen molar-refractivity contribution in [1.82, 2.24) is 4.90 Å². The lowest BCUT2D eigenvalue weighted by atomic mass is 10.1. The monoisotopic (exact) mass is 343 g/mol. The van der Waals surface area contributed by atoms with Crippen LogP contribution < -0.4 is 9.47 Å². The van der Waals surface area contributed by atoms with Crippen LogP contribution in [0.15, 0.2) is 16.6 Å². The first-order valence-electron chi connectivity index (χ1n) is 6.67. The Labute approximate surface area is 126 Å². The number of rotatable bonds is 4. The summed E-state index contributed by atoms with van der Waals surface area (Å²) < 4.78 is 17.1. The topological polar surface area (TPSA) is 51.2 Å². The lowest BCUT2D eigenvalue weighted by Crippen LogP contribution is -2.31. The molecule has 2 aliphatic rings. The Morgan fingerprint density at radius 1 is 1.45 bits per heavy atom. The molecule has 1 saturated heterocycles. The van der Waals surface area contributed by atoms with E-state index in [2.05, 4.69) is 20.8 Å². The van der Waals surface area contributed by atoms with Crippen molar-refractivity contribution in [1.29, 1.82) is 0 Å². The van der Waals surface area contributed by atoms with Gasteiger partial charge in [-0.2, -0.15) is 0 Å². The van der Waals surface area contributed by atoms with Gasteiger partial charge in [0, 0.05) is 26.2 Å². The van der Waals surface area contributed by atoms with Gasteiger partial charge in [-0.05, 0) is 40.0 Å². The zero-order valence-corrected chi connectivity index (χ0v) is 12.9. The molecule has 1 aromatic rings. The van der Waals surface area contributed by atoms with E-state index in [4.69, 9.17) is 14.2 Å². The second-order valence-corrected chi connectivity index (χ2v) is 6.03. The molecule has 5 nitrogen and oxygen atoms in total. The largest absolute Gasteiger partial charge is 0.454 e. The van der Waals surface area contributed by atoms with E-state index in [-0.39, 0.29) is 25.5 Å². The molecule has 0 aromatic heterocycles. The fourth-order valence-electron chi connectivity index (χ4n) is 2.84. The van der Waals surface area contributed by atoms with Gasteiger partial charge in [-0.1, -0.05) is 0 Å². The molecule has 0 unspecified atom stereocenters. The molecule has 110 valence electrons. The van der Waals surface area contributed by atoms with Gasteiger partial charge in [0.1, 0.15) is 0 Å². The molecule has 2 aliphatic heterocycles. The highest BCUT2D eigenvalue weighted by Crippen LogP contribution is 2.40. The summed E-state index contributed by atoms with van der Waals surface area (Å²) in [7, 11) is 1.72. The molecule has 1 fully saturated rings. The average molecular weight is 344 g/mol. The predicted octanol–water partition coefficient (Wildman–Crippen LogP) is 1.76. The summed E-state index contributed by atoms with van der Waals surface area (Å²) >= 11 is 3.51. The highest BCUT2D eigenvalue weighted by Gasteiger charge is 2.32. The molecule has 0 bridgehead atoms. The molecule has 20 heavy (non-hydrogen) atoms. The maximum absolute atomic E-state index is 9.49. The summed E-state index contributed by atoms with van der Waals surface area (Å²) in [6, 6.07) is 4.20. The van der Waals surface area contributed by atoms with Crippen LogP contribution in [0.2, 0.25) is 0 Å². The van der Waals surface area contributed by atoms with E-state index in [1.54, 1.807) is 7.11 Å². The quantitative estimate of drug-likeness (QED) is 0.902. The van der Waals surface area contributed by atoms with Gasteiger partial charge in [0.25, 0.3) is 0 Å². The Morgan fingerprint density at radius 3 is 3.05 bits per heavy atom. The van der Waals surface area contributed by atoms with Crippen molar-refractivity contribution in [3.8, 4) is 11.5 Å². The standard InChI is InChI=1S/C14H18BrNO4/c1-18-11-4-10(7-17)16(6-11)5-9-2-12(15)14-13(3-9)19-8-20-14/h2-3,10-11,17H,4-8H2,1H3/t10-,11+/m0/s1. The van der Waals surface area contributed by atoms with Crippen molar-refractivity contribution in [2.45, 2.75) is 25.1 Å². The van der Waals surface area contributed by atoms with E-state index in [9.17, 15) is 5.11 Å². The number of aliphatic hydroxyl groups excluding tert-OH is 1. The molecule has 1 N–H and O–H groups in total. The summed E-state index contributed by atoms with van der Waals surface area (Å²) in [5.74, 6) is 1.54. The fourth-order valence-corrected chi connectivity index (χ4v) is 3.44. The summed E-state index contributed by atoms with van der Waals surface area (Å²) in [5, 5.41) is 9.49. The van der Waals surface area contributed by atoms with E-state index in [1.165, 1.54) is 0 Å². The lowest BCUT2D eigenvalue weighted by Gasteiger charge is -2.22. The van der Waals surface area contributed by atoms with E-state index in [0.29, 0.717) is 0 Å². The third-order valence-electron chi connectivity index (χ3n) is 3.91. The number of likely N-dealkylation sites (tertiary alicyclic amines) is 1. The van der Waals surface area contributed by atoms with Crippen molar-refractivity contribution in [2.24, 2.45) is 0 Å². The SMILES string of the molecule is CO[C@@H]1C[C@@H](CO)N(Cc2cc(Br)c3c(c2)OCO3)C1. The first kappa shape index (κ1) is 14.1. The van der Waals surface area contributed by atoms with Crippen LogP contribution in [0.25, 0.3) is 0 Å². The van der Waals surface area contributed by atoms with Crippen molar-refractivity contribution in [2.75, 3.05) is 27.1 Å². The number of nitrogens with zero attached hydrogens (tertiary/aromatic N) is 1. The zero-order chi connectivity index (χ0) is 14.1. The number of ether oxygens (including phenoxy) is 3. The second kappa shape index (κ2) is 5.89. The van der Waals surface area contributed by atoms with Crippen molar-refractivity contribution in [3.05, 3.63) is 22.2 Å². The Hall–Kier alpha value is -0.820. The van der Waals surface area contributed by atoms with E-state index >= 15 is 0 Å². The van der Waals surface area contributed by atoms with Crippen molar-refractivity contribution in [3.63, 3.8) is 0 Å². The number of hydrogen-bond donors (Lipinski definition) is 1. The maximum Gasteiger partial charge on any atom is 0.231 e. The normalized spacial score (nSPS) is 25.4. The van der Waals surface area contributed by atoms with Gasteiger partial charge in [-0.25, -0.2) is 0 Å². The first-order chi connectivity index (χ1) is 9.71. The molecule has 6 heteroatoms. The highest BCUT2D eigenvalue weighted by molar-refractivity contribution is 9.10. The Bertz CT molecular complexity index is 496. The summed E-state index contributed by atoms with van der Waals surface area (Å²) in [4.78, 5) is 2.25. The van der Waals surface area contributed by atoms with Crippen molar-refractivity contribution >= 4 is 15.9 Å². The average Bonchev–Trinajstić information content (AvgIpc) is 3.05. The van der Waals surface area contributed by atoms with E-state index in [1.807, 2.05) is 12.1 Å². The van der Waals surface area contributed by atoms with Crippen LogP contribution in [0.3, 0.4) is 0 Å². The van der Waals surface area contributed by atoms with Gasteiger partial charge in [0.2, 0.25) is 6.79 Å². The predicted molar refractivity (Wildman–Crippen MR) is 77.0 cm³/mol. The number of methoxy groups -OCH3 is 1. The fraction of sp³-hybridized carbons (Fsp3) is 0.571. The third kappa shape index (κ3) is 2.65. The Kier molecular flexibility index (Phi) is 4.16. The molecule has 1 aromatic carbocycles. The van der Waals surface area contributed by atoms with Crippen molar-refractivity contribution < 1.29 is 19.3 Å². The van der Waals surface area contributed by atoms with Gasteiger partial charge in [0.05, 0.1) is 17.2 Å². The first-order valence-corrected chi connectivity index (χ1v) is 7.46. The highest BCUT2D eigenvalue weighted by atomic mass is 79.9. The molecule has 3 rings (SSSR count). The van der Waals surface area contributed by atoms with Gasteiger partial charge in [0.15, 0.2) is 11.5 Å². The molecular weight excluding hydrogens is 326 g/mol. The summed E-state index contributed by atoms with van der Waals surface area (Å²) in [6.07, 6.45) is 1.07. The number of benzene rings is 1. The molecular formula is C14H18BrNO4. The maximum atomic E-state index is 9.49. The summed E-state index contributed by atoms with van der Waals surface area (Å²) in [6.45, 7) is 2.03. The van der Waals surface area contributed by atoms with Gasteiger partial charge in [-0.3, -0.25) is 4.90 Å². The second-order valence-electron chi connectivity index (χ2n) is 5.17. The van der Waals surface area contributed by atoms with Crippen LogP contribution in [0.5, 0.6) is 11.5 Å². The van der Waals surface area contributed by atoms with E-state index < -0.39 is 0 Å². The van der Waals surface area contributed by atoms with Crippen LogP contribution in [0, 0.1) is 0 Å². The minimum atomic E-state index is 0.157. The Balaban J connectivity index is 1.76. The molecule has 2 atom stereocenters. The van der Waals surface area contributed by atoms with Crippen LogP contribution >= 0.6 is 15.9 Å². The number of halogens is 1. The van der Waals surface area contributed by atoms with Crippen LogP contribution in [0.1, 0.15) is 12.0 Å². The molecule has 0 spiro atoms. The Morgan fingerprint density at radius 2 is 2.30 bits per heavy atom. The smallest absolute Gasteiger partial charge is 0.231 e. The third-order valence-corrected chi connectivity index (χ3v) is 4.50. The minimum Gasteiger partial charge on any atom is -0.454 e. The van der Waals surface area contributed by atoms with Gasteiger partial charge >= 0.3 is 0 Å². The molecule has 0 aliphatic carbocycles. The number of fused-ring (bicyclic) bond motifs is 1. The number of hydrogen-bond acceptors (Lipinski definition) is 5. The van der Waals surface area contributed by atoms with Gasteiger partial charge in [-0.15, -0.1) is 0 Å². The number of aliphatic hydroxyl groups is 1. The molecule has 0 radical (unpaired) electrons. The van der Waals surface area contributed by atoms with Gasteiger partial charge < -0.3 is 19.3 Å². The summed E-state index contributed by atoms with van der Waals surface area (Å²) in [5.41, 5.74) is 1.14. The molecule has 0 saturated carbocycles. The zero-order valence-electron chi connectivity index (χ0n) is 11.3. The minimum absolute atomic E-state index is 0.157.